The first kappa shape index (κ1) is 14.4. The molecule has 1 fully saturated rings. The molecule has 2 rings (SSSR count). The zero-order chi connectivity index (χ0) is 13.1. The third-order valence-corrected chi connectivity index (χ3v) is 5.05. The second-order valence-corrected chi connectivity index (χ2v) is 7.33. The molecule has 1 saturated carbocycles. The average molecular weight is 375 g/mol. The van der Waals surface area contributed by atoms with Crippen LogP contribution in [0.4, 0.5) is 5.69 Å². The Bertz CT molecular complexity index is 394. The van der Waals surface area contributed by atoms with E-state index >= 15 is 0 Å². The van der Waals surface area contributed by atoms with Crippen LogP contribution in [0.25, 0.3) is 0 Å². The van der Waals surface area contributed by atoms with Gasteiger partial charge in [0.1, 0.15) is 0 Å². The van der Waals surface area contributed by atoms with Gasteiger partial charge in [-0.15, -0.1) is 0 Å². The van der Waals surface area contributed by atoms with Crippen LogP contribution < -0.4 is 5.32 Å². The topological polar surface area (TPSA) is 12.0 Å². The molecule has 0 saturated heterocycles. The zero-order valence-corrected chi connectivity index (χ0v) is 14.3. The summed E-state index contributed by atoms with van der Waals surface area (Å²) < 4.78 is 2.30. The summed E-state index contributed by atoms with van der Waals surface area (Å²) >= 11 is 7.28. The molecule has 0 aromatic heterocycles. The average Bonchev–Trinajstić information content (AvgIpc) is 2.27. The van der Waals surface area contributed by atoms with Gasteiger partial charge in [-0.05, 0) is 81.2 Å². The molecule has 0 radical (unpaired) electrons. The highest BCUT2D eigenvalue weighted by molar-refractivity contribution is 9.11. The van der Waals surface area contributed by atoms with Gasteiger partial charge in [0.15, 0.2) is 0 Å². The van der Waals surface area contributed by atoms with E-state index in [9.17, 15) is 0 Å². The fraction of sp³-hybridized carbons (Fsp3) is 0.600. The van der Waals surface area contributed by atoms with Crippen LogP contribution >= 0.6 is 31.9 Å². The maximum atomic E-state index is 3.64. The molecule has 18 heavy (non-hydrogen) atoms. The summed E-state index contributed by atoms with van der Waals surface area (Å²) in [4.78, 5) is 0. The Morgan fingerprint density at radius 1 is 1.22 bits per heavy atom. The van der Waals surface area contributed by atoms with Crippen LogP contribution in [0.15, 0.2) is 21.1 Å². The number of anilines is 1. The highest BCUT2D eigenvalue weighted by Crippen LogP contribution is 2.34. The Morgan fingerprint density at radius 3 is 2.50 bits per heavy atom. The van der Waals surface area contributed by atoms with Gasteiger partial charge >= 0.3 is 0 Å². The van der Waals surface area contributed by atoms with Crippen LogP contribution in [-0.2, 0) is 0 Å². The lowest BCUT2D eigenvalue weighted by atomic mass is 9.82. The van der Waals surface area contributed by atoms with E-state index in [1.807, 2.05) is 0 Å². The van der Waals surface area contributed by atoms with Crippen LogP contribution in [0, 0.1) is 18.8 Å². The molecule has 2 atom stereocenters. The van der Waals surface area contributed by atoms with Gasteiger partial charge in [-0.2, -0.15) is 0 Å². The molecule has 2 unspecified atom stereocenters. The first-order valence-electron chi connectivity index (χ1n) is 6.75. The van der Waals surface area contributed by atoms with Gasteiger partial charge in [0.2, 0.25) is 0 Å². The van der Waals surface area contributed by atoms with Gasteiger partial charge in [0.05, 0.1) is 5.69 Å². The standard InChI is InChI=1S/C15H21Br2N/c1-10-4-3-5-12(6-10)9-18-15-13(16)7-11(2)8-14(15)17/h7-8,10,12,18H,3-6,9H2,1-2H3. The van der Waals surface area contributed by atoms with E-state index in [1.165, 1.54) is 36.9 Å². The number of hydrogen-bond acceptors (Lipinski definition) is 1. The fourth-order valence-electron chi connectivity index (χ4n) is 2.86. The Morgan fingerprint density at radius 2 is 1.89 bits per heavy atom. The van der Waals surface area contributed by atoms with Crippen molar-refractivity contribution in [1.82, 2.24) is 0 Å². The number of aryl methyl sites for hydroxylation is 1. The van der Waals surface area contributed by atoms with E-state index in [2.05, 4.69) is 63.2 Å². The van der Waals surface area contributed by atoms with Crippen LogP contribution in [0.3, 0.4) is 0 Å². The van der Waals surface area contributed by atoms with Crippen molar-refractivity contribution in [3.8, 4) is 0 Å². The minimum atomic E-state index is 0.828. The lowest BCUT2D eigenvalue weighted by molar-refractivity contribution is 0.293. The number of nitrogens with one attached hydrogen (secondary N) is 1. The third kappa shape index (κ3) is 3.74. The molecule has 0 heterocycles. The minimum Gasteiger partial charge on any atom is -0.383 e. The Labute approximate surface area is 127 Å². The molecule has 1 aliphatic carbocycles. The van der Waals surface area contributed by atoms with Crippen LogP contribution in [-0.4, -0.2) is 6.54 Å². The van der Waals surface area contributed by atoms with Crippen molar-refractivity contribution in [3.05, 3.63) is 26.6 Å². The molecule has 0 spiro atoms. The number of rotatable bonds is 3. The van der Waals surface area contributed by atoms with Gasteiger partial charge in [-0.1, -0.05) is 19.8 Å². The maximum absolute atomic E-state index is 3.64. The third-order valence-electron chi connectivity index (χ3n) is 3.80. The lowest BCUT2D eigenvalue weighted by Gasteiger charge is -2.27. The zero-order valence-electron chi connectivity index (χ0n) is 11.1. The molecule has 0 aliphatic heterocycles. The second-order valence-electron chi connectivity index (χ2n) is 5.62. The molecule has 1 aromatic rings. The predicted octanol–water partition coefficient (Wildman–Crippen LogP) is 5.76. The molecular formula is C15H21Br2N. The lowest BCUT2D eigenvalue weighted by Crippen LogP contribution is -2.21. The van der Waals surface area contributed by atoms with E-state index in [1.54, 1.807) is 0 Å². The molecule has 1 N–H and O–H groups in total. The van der Waals surface area contributed by atoms with Crippen molar-refractivity contribution >= 4 is 37.5 Å². The first-order valence-corrected chi connectivity index (χ1v) is 8.34. The van der Waals surface area contributed by atoms with Crippen LogP contribution in [0.5, 0.6) is 0 Å². The van der Waals surface area contributed by atoms with Crippen molar-refractivity contribution in [1.29, 1.82) is 0 Å². The Hall–Kier alpha value is -0.0200. The summed E-state index contributed by atoms with van der Waals surface area (Å²) in [6.07, 6.45) is 5.55. The highest BCUT2D eigenvalue weighted by atomic mass is 79.9. The number of hydrogen-bond donors (Lipinski definition) is 1. The molecule has 0 amide bonds. The van der Waals surface area contributed by atoms with Crippen molar-refractivity contribution < 1.29 is 0 Å². The van der Waals surface area contributed by atoms with Crippen LogP contribution in [0.1, 0.15) is 38.2 Å². The SMILES string of the molecule is Cc1cc(Br)c(NCC2CCCC(C)C2)c(Br)c1. The van der Waals surface area contributed by atoms with Gasteiger partial charge in [-0.3, -0.25) is 0 Å². The van der Waals surface area contributed by atoms with Crippen molar-refractivity contribution in [2.24, 2.45) is 11.8 Å². The molecule has 1 nitrogen and oxygen atoms in total. The summed E-state index contributed by atoms with van der Waals surface area (Å²) in [5.41, 5.74) is 2.46. The molecule has 3 heteroatoms. The molecule has 1 aromatic carbocycles. The summed E-state index contributed by atoms with van der Waals surface area (Å²) in [5, 5.41) is 3.60. The van der Waals surface area contributed by atoms with Gasteiger partial charge in [0, 0.05) is 15.5 Å². The van der Waals surface area contributed by atoms with Crippen LogP contribution in [0.2, 0.25) is 0 Å². The normalized spacial score (nSPS) is 24.0. The summed E-state index contributed by atoms with van der Waals surface area (Å²) in [6, 6.07) is 4.33. The monoisotopic (exact) mass is 373 g/mol. The molecule has 100 valence electrons. The fourth-order valence-corrected chi connectivity index (χ4v) is 4.56. The van der Waals surface area contributed by atoms with Crippen molar-refractivity contribution in [2.45, 2.75) is 39.5 Å². The van der Waals surface area contributed by atoms with E-state index in [4.69, 9.17) is 0 Å². The number of benzene rings is 1. The first-order chi connectivity index (χ1) is 8.56. The highest BCUT2D eigenvalue weighted by Gasteiger charge is 2.19. The summed E-state index contributed by atoms with van der Waals surface area (Å²) in [5.74, 6) is 1.73. The van der Waals surface area contributed by atoms with E-state index < -0.39 is 0 Å². The second kappa shape index (κ2) is 6.42. The van der Waals surface area contributed by atoms with E-state index in [0.717, 1.165) is 27.3 Å². The van der Waals surface area contributed by atoms with Crippen molar-refractivity contribution in [2.75, 3.05) is 11.9 Å². The summed E-state index contributed by atoms with van der Waals surface area (Å²) in [7, 11) is 0. The van der Waals surface area contributed by atoms with Gasteiger partial charge < -0.3 is 5.32 Å². The largest absolute Gasteiger partial charge is 0.383 e. The van der Waals surface area contributed by atoms with Crippen molar-refractivity contribution in [3.63, 3.8) is 0 Å². The number of halogens is 2. The maximum Gasteiger partial charge on any atom is 0.0629 e. The minimum absolute atomic E-state index is 0.828. The molecule has 0 bridgehead atoms. The van der Waals surface area contributed by atoms with E-state index in [0.29, 0.717) is 0 Å². The summed E-state index contributed by atoms with van der Waals surface area (Å²) in [6.45, 7) is 5.58. The smallest absolute Gasteiger partial charge is 0.0629 e. The molecular weight excluding hydrogens is 354 g/mol. The Balaban J connectivity index is 1.97. The van der Waals surface area contributed by atoms with E-state index in [-0.39, 0.29) is 0 Å². The van der Waals surface area contributed by atoms with Gasteiger partial charge in [-0.25, -0.2) is 0 Å². The quantitative estimate of drug-likeness (QED) is 0.709. The molecule has 1 aliphatic rings. The van der Waals surface area contributed by atoms with Gasteiger partial charge in [0.25, 0.3) is 0 Å². The predicted molar refractivity (Wildman–Crippen MR) is 86.2 cm³/mol. The Kier molecular flexibility index (Phi) is 5.14.